The van der Waals surface area contributed by atoms with Gasteiger partial charge in [-0.3, -0.25) is 4.68 Å². The lowest BCUT2D eigenvalue weighted by Crippen LogP contribution is -2.20. The highest BCUT2D eigenvalue weighted by molar-refractivity contribution is 5.31. The number of nitrogens with zero attached hydrogens (tertiary/aromatic N) is 2. The van der Waals surface area contributed by atoms with E-state index in [1.54, 1.807) is 0 Å². The lowest BCUT2D eigenvalue weighted by Gasteiger charge is -2.18. The molecule has 0 saturated heterocycles. The Morgan fingerprint density at radius 3 is 2.76 bits per heavy atom. The maximum Gasteiger partial charge on any atom is 0.119 e. The van der Waals surface area contributed by atoms with Gasteiger partial charge in [0, 0.05) is 24.7 Å². The standard InChI is InChI=1S/C17H25N3O/c1-5-20-15(10-13(3)19-20)12-17(18-4)14-8-7-9-16(11-14)21-6-2/h7-11,17-18H,5-6,12H2,1-4H3. The van der Waals surface area contributed by atoms with Crippen molar-refractivity contribution < 1.29 is 4.74 Å². The Balaban J connectivity index is 2.21. The number of rotatable bonds is 7. The SMILES string of the molecule is CCOc1cccc(C(Cc2cc(C)nn2CC)NC)c1. The lowest BCUT2D eigenvalue weighted by molar-refractivity contribution is 0.339. The zero-order chi connectivity index (χ0) is 15.2. The van der Waals surface area contributed by atoms with Crippen molar-refractivity contribution >= 4 is 0 Å². The first-order valence-electron chi connectivity index (χ1n) is 7.61. The van der Waals surface area contributed by atoms with Gasteiger partial charge in [-0.2, -0.15) is 5.10 Å². The summed E-state index contributed by atoms with van der Waals surface area (Å²) in [5, 5.41) is 7.92. The first kappa shape index (κ1) is 15.6. The summed E-state index contributed by atoms with van der Waals surface area (Å²) in [6.07, 6.45) is 0.917. The maximum absolute atomic E-state index is 5.60. The quantitative estimate of drug-likeness (QED) is 0.850. The normalized spacial score (nSPS) is 12.4. The van der Waals surface area contributed by atoms with Crippen LogP contribution in [0, 0.1) is 6.92 Å². The number of aromatic nitrogens is 2. The van der Waals surface area contributed by atoms with E-state index in [1.807, 2.05) is 33.0 Å². The average molecular weight is 287 g/mol. The summed E-state index contributed by atoms with van der Waals surface area (Å²) >= 11 is 0. The molecule has 1 aromatic carbocycles. The largest absolute Gasteiger partial charge is 0.494 e. The Labute approximate surface area is 127 Å². The van der Waals surface area contributed by atoms with Crippen LogP contribution in [0.25, 0.3) is 0 Å². The third-order valence-electron chi connectivity index (χ3n) is 3.62. The first-order valence-corrected chi connectivity index (χ1v) is 7.61. The Kier molecular flexibility index (Phi) is 5.39. The minimum absolute atomic E-state index is 0.256. The van der Waals surface area contributed by atoms with E-state index in [2.05, 4.69) is 40.2 Å². The summed E-state index contributed by atoms with van der Waals surface area (Å²) in [4.78, 5) is 0. The highest BCUT2D eigenvalue weighted by Gasteiger charge is 2.14. The van der Waals surface area contributed by atoms with Crippen molar-refractivity contribution in [2.75, 3.05) is 13.7 Å². The molecule has 0 aliphatic carbocycles. The smallest absolute Gasteiger partial charge is 0.119 e. The van der Waals surface area contributed by atoms with E-state index in [0.717, 1.165) is 24.4 Å². The number of aryl methyl sites for hydroxylation is 2. The molecule has 21 heavy (non-hydrogen) atoms. The van der Waals surface area contributed by atoms with Gasteiger partial charge in [-0.05, 0) is 51.6 Å². The maximum atomic E-state index is 5.60. The van der Waals surface area contributed by atoms with Crippen molar-refractivity contribution in [1.29, 1.82) is 0 Å². The van der Waals surface area contributed by atoms with Crippen LogP contribution in [0.4, 0.5) is 0 Å². The van der Waals surface area contributed by atoms with E-state index in [9.17, 15) is 0 Å². The second kappa shape index (κ2) is 7.27. The van der Waals surface area contributed by atoms with Gasteiger partial charge in [-0.25, -0.2) is 0 Å². The van der Waals surface area contributed by atoms with Crippen LogP contribution in [0.2, 0.25) is 0 Å². The van der Waals surface area contributed by atoms with Gasteiger partial charge >= 0.3 is 0 Å². The monoisotopic (exact) mass is 287 g/mol. The molecule has 1 unspecified atom stereocenters. The van der Waals surface area contributed by atoms with Crippen LogP contribution in [0.1, 0.15) is 36.8 Å². The predicted molar refractivity (Wildman–Crippen MR) is 85.8 cm³/mol. The highest BCUT2D eigenvalue weighted by atomic mass is 16.5. The van der Waals surface area contributed by atoms with Crippen LogP contribution in [-0.2, 0) is 13.0 Å². The lowest BCUT2D eigenvalue weighted by atomic mass is 10.0. The third-order valence-corrected chi connectivity index (χ3v) is 3.62. The van der Waals surface area contributed by atoms with Gasteiger partial charge in [0.15, 0.2) is 0 Å². The van der Waals surface area contributed by atoms with E-state index in [1.165, 1.54) is 11.3 Å². The van der Waals surface area contributed by atoms with Crippen molar-refractivity contribution in [3.8, 4) is 5.75 Å². The molecule has 2 rings (SSSR count). The fourth-order valence-corrected chi connectivity index (χ4v) is 2.62. The van der Waals surface area contributed by atoms with Crippen molar-refractivity contribution in [3.05, 3.63) is 47.3 Å². The van der Waals surface area contributed by atoms with Crippen molar-refractivity contribution in [2.45, 2.75) is 39.8 Å². The Morgan fingerprint density at radius 1 is 1.29 bits per heavy atom. The molecule has 0 aliphatic rings. The molecular weight excluding hydrogens is 262 g/mol. The number of hydrogen-bond donors (Lipinski definition) is 1. The van der Waals surface area contributed by atoms with E-state index in [-0.39, 0.29) is 6.04 Å². The van der Waals surface area contributed by atoms with Crippen LogP contribution in [-0.4, -0.2) is 23.4 Å². The average Bonchev–Trinajstić information content (AvgIpc) is 2.85. The minimum atomic E-state index is 0.256. The predicted octanol–water partition coefficient (Wildman–Crippen LogP) is 3.11. The summed E-state index contributed by atoms with van der Waals surface area (Å²) in [6.45, 7) is 7.76. The van der Waals surface area contributed by atoms with Crippen LogP contribution >= 0.6 is 0 Å². The summed E-state index contributed by atoms with van der Waals surface area (Å²) in [6, 6.07) is 10.7. The topological polar surface area (TPSA) is 39.1 Å². The number of hydrogen-bond acceptors (Lipinski definition) is 3. The molecule has 2 aromatic rings. The molecule has 0 spiro atoms. The van der Waals surface area contributed by atoms with Crippen LogP contribution < -0.4 is 10.1 Å². The molecule has 4 nitrogen and oxygen atoms in total. The van der Waals surface area contributed by atoms with Gasteiger partial charge in [0.2, 0.25) is 0 Å². The molecule has 0 radical (unpaired) electrons. The Bertz CT molecular complexity index is 577. The zero-order valence-electron chi connectivity index (χ0n) is 13.4. The molecule has 4 heteroatoms. The third kappa shape index (κ3) is 3.85. The number of nitrogens with one attached hydrogen (secondary N) is 1. The van der Waals surface area contributed by atoms with E-state index in [0.29, 0.717) is 6.61 Å². The molecule has 1 N–H and O–H groups in total. The molecule has 1 atom stereocenters. The van der Waals surface area contributed by atoms with Gasteiger partial charge in [0.05, 0.1) is 12.3 Å². The second-order valence-corrected chi connectivity index (χ2v) is 5.14. The number of benzene rings is 1. The molecule has 114 valence electrons. The number of ether oxygens (including phenoxy) is 1. The fraction of sp³-hybridized carbons (Fsp3) is 0.471. The molecule has 0 amide bonds. The molecular formula is C17H25N3O. The Morgan fingerprint density at radius 2 is 2.10 bits per heavy atom. The fourth-order valence-electron chi connectivity index (χ4n) is 2.62. The molecule has 0 fully saturated rings. The summed E-state index contributed by atoms with van der Waals surface area (Å²) in [7, 11) is 2.00. The van der Waals surface area contributed by atoms with Gasteiger partial charge in [0.1, 0.15) is 5.75 Å². The van der Waals surface area contributed by atoms with Gasteiger partial charge in [-0.15, -0.1) is 0 Å². The second-order valence-electron chi connectivity index (χ2n) is 5.14. The van der Waals surface area contributed by atoms with Crippen molar-refractivity contribution in [1.82, 2.24) is 15.1 Å². The minimum Gasteiger partial charge on any atom is -0.494 e. The van der Waals surface area contributed by atoms with E-state index < -0.39 is 0 Å². The Hall–Kier alpha value is -1.81. The van der Waals surface area contributed by atoms with Crippen LogP contribution in [0.3, 0.4) is 0 Å². The molecule has 0 bridgehead atoms. The van der Waals surface area contributed by atoms with Crippen molar-refractivity contribution in [2.24, 2.45) is 0 Å². The molecule has 0 saturated carbocycles. The van der Waals surface area contributed by atoms with Gasteiger partial charge in [0.25, 0.3) is 0 Å². The summed E-state index contributed by atoms with van der Waals surface area (Å²) in [5.41, 5.74) is 3.57. The van der Waals surface area contributed by atoms with E-state index >= 15 is 0 Å². The van der Waals surface area contributed by atoms with Gasteiger partial charge < -0.3 is 10.1 Å². The molecule has 1 heterocycles. The molecule has 1 aromatic heterocycles. The zero-order valence-corrected chi connectivity index (χ0v) is 13.4. The van der Waals surface area contributed by atoms with E-state index in [4.69, 9.17) is 4.74 Å². The van der Waals surface area contributed by atoms with Gasteiger partial charge in [-0.1, -0.05) is 12.1 Å². The first-order chi connectivity index (χ1) is 10.2. The van der Waals surface area contributed by atoms with Crippen LogP contribution in [0.5, 0.6) is 5.75 Å². The number of likely N-dealkylation sites (N-methyl/N-ethyl adjacent to an activating group) is 1. The molecule has 0 aliphatic heterocycles. The van der Waals surface area contributed by atoms with Crippen molar-refractivity contribution in [3.63, 3.8) is 0 Å². The summed E-state index contributed by atoms with van der Waals surface area (Å²) < 4.78 is 7.67. The summed E-state index contributed by atoms with van der Waals surface area (Å²) in [5.74, 6) is 0.926. The highest BCUT2D eigenvalue weighted by Crippen LogP contribution is 2.23. The van der Waals surface area contributed by atoms with Crippen LogP contribution in [0.15, 0.2) is 30.3 Å².